The van der Waals surface area contributed by atoms with Crippen molar-refractivity contribution >= 4 is 40.5 Å². The molecule has 0 spiro atoms. The number of aromatic nitrogens is 1. The predicted molar refractivity (Wildman–Crippen MR) is 94.7 cm³/mol. The van der Waals surface area contributed by atoms with Crippen molar-refractivity contribution in [2.24, 2.45) is 11.1 Å². The fraction of sp³-hybridized carbons (Fsp3) is 0.235. The number of hydrogen-bond acceptors (Lipinski definition) is 4. The number of carbonyl (C=O) groups is 1. The molecule has 3 rings (SSSR count). The lowest BCUT2D eigenvalue weighted by molar-refractivity contribution is -0.116. The number of oxime groups is 1. The molecule has 7 heteroatoms. The SMILES string of the molecule is Cc1ccc(NC(=O)CC2CON=C2c2ccc(Cl)c(Cl)c2)cn1. The van der Waals surface area contributed by atoms with E-state index in [4.69, 9.17) is 28.0 Å². The molecule has 1 amide bonds. The average Bonchev–Trinajstić information content (AvgIpc) is 3.00. The van der Waals surface area contributed by atoms with Crippen molar-refractivity contribution in [2.45, 2.75) is 13.3 Å². The fourth-order valence-electron chi connectivity index (χ4n) is 2.43. The first-order valence-corrected chi connectivity index (χ1v) is 8.16. The smallest absolute Gasteiger partial charge is 0.225 e. The number of anilines is 1. The Labute approximate surface area is 149 Å². The molecule has 5 nitrogen and oxygen atoms in total. The number of hydrogen-bond donors (Lipinski definition) is 1. The first-order chi connectivity index (χ1) is 11.5. The molecule has 0 saturated heterocycles. The van der Waals surface area contributed by atoms with Gasteiger partial charge in [0.15, 0.2) is 0 Å². The van der Waals surface area contributed by atoms with Crippen molar-refractivity contribution in [3.8, 4) is 0 Å². The average molecular weight is 364 g/mol. The van der Waals surface area contributed by atoms with Gasteiger partial charge in [0.2, 0.25) is 5.91 Å². The van der Waals surface area contributed by atoms with E-state index in [2.05, 4.69) is 15.5 Å². The van der Waals surface area contributed by atoms with Crippen molar-refractivity contribution < 1.29 is 9.63 Å². The first-order valence-electron chi connectivity index (χ1n) is 7.40. The van der Waals surface area contributed by atoms with Gasteiger partial charge in [0.1, 0.15) is 6.61 Å². The van der Waals surface area contributed by atoms with E-state index < -0.39 is 0 Å². The summed E-state index contributed by atoms with van der Waals surface area (Å²) < 4.78 is 0. The number of carbonyl (C=O) groups excluding carboxylic acids is 1. The second-order valence-corrected chi connectivity index (χ2v) is 6.35. The van der Waals surface area contributed by atoms with Crippen LogP contribution in [0.1, 0.15) is 17.7 Å². The molecule has 0 saturated carbocycles. The molecule has 0 fully saturated rings. The Kier molecular flexibility index (Phi) is 5.02. The van der Waals surface area contributed by atoms with Crippen molar-refractivity contribution in [1.29, 1.82) is 0 Å². The summed E-state index contributed by atoms with van der Waals surface area (Å²) in [7, 11) is 0. The summed E-state index contributed by atoms with van der Waals surface area (Å²) in [6, 6.07) is 8.91. The van der Waals surface area contributed by atoms with E-state index >= 15 is 0 Å². The monoisotopic (exact) mass is 363 g/mol. The molecule has 1 atom stereocenters. The summed E-state index contributed by atoms with van der Waals surface area (Å²) in [6.45, 7) is 2.25. The van der Waals surface area contributed by atoms with Crippen LogP contribution in [0, 0.1) is 12.8 Å². The second kappa shape index (κ2) is 7.20. The normalized spacial score (nSPS) is 16.5. The number of pyridine rings is 1. The molecule has 1 unspecified atom stereocenters. The lowest BCUT2D eigenvalue weighted by atomic mass is 9.94. The Morgan fingerprint density at radius 3 is 2.83 bits per heavy atom. The number of amides is 1. The van der Waals surface area contributed by atoms with Gasteiger partial charge >= 0.3 is 0 Å². The Hall–Kier alpha value is -2.11. The molecule has 1 aromatic carbocycles. The highest BCUT2D eigenvalue weighted by Gasteiger charge is 2.27. The van der Waals surface area contributed by atoms with Crippen LogP contribution in [0.4, 0.5) is 5.69 Å². The molecule has 2 aromatic rings. The van der Waals surface area contributed by atoms with E-state index in [9.17, 15) is 4.79 Å². The number of halogens is 2. The molecular formula is C17H15Cl2N3O2. The van der Waals surface area contributed by atoms with Gasteiger partial charge in [-0.3, -0.25) is 9.78 Å². The highest BCUT2D eigenvalue weighted by molar-refractivity contribution is 6.42. The summed E-state index contributed by atoms with van der Waals surface area (Å²) in [6.07, 6.45) is 1.89. The molecule has 1 aliphatic heterocycles. The van der Waals surface area contributed by atoms with E-state index in [1.54, 1.807) is 18.3 Å². The minimum absolute atomic E-state index is 0.121. The highest BCUT2D eigenvalue weighted by Crippen LogP contribution is 2.27. The van der Waals surface area contributed by atoms with Crippen LogP contribution in [0.5, 0.6) is 0 Å². The Morgan fingerprint density at radius 1 is 1.29 bits per heavy atom. The minimum Gasteiger partial charge on any atom is -0.395 e. The van der Waals surface area contributed by atoms with Gasteiger partial charge in [0, 0.05) is 17.7 Å². The van der Waals surface area contributed by atoms with Crippen LogP contribution in [-0.2, 0) is 9.63 Å². The number of aryl methyl sites for hydroxylation is 1. The summed E-state index contributed by atoms with van der Waals surface area (Å²) in [5.41, 5.74) is 3.06. The number of rotatable bonds is 4. The zero-order valence-corrected chi connectivity index (χ0v) is 14.4. The largest absolute Gasteiger partial charge is 0.395 e. The number of benzene rings is 1. The van der Waals surface area contributed by atoms with Crippen LogP contribution in [0.3, 0.4) is 0 Å². The van der Waals surface area contributed by atoms with Gasteiger partial charge in [0.25, 0.3) is 0 Å². The van der Waals surface area contributed by atoms with Crippen LogP contribution >= 0.6 is 23.2 Å². The van der Waals surface area contributed by atoms with Gasteiger partial charge in [-0.1, -0.05) is 34.4 Å². The van der Waals surface area contributed by atoms with E-state index in [0.29, 0.717) is 28.1 Å². The van der Waals surface area contributed by atoms with Gasteiger partial charge in [-0.2, -0.15) is 0 Å². The summed E-state index contributed by atoms with van der Waals surface area (Å²) >= 11 is 12.0. The van der Waals surface area contributed by atoms with Crippen LogP contribution in [0.25, 0.3) is 0 Å². The molecule has 24 heavy (non-hydrogen) atoms. The zero-order valence-electron chi connectivity index (χ0n) is 12.9. The number of nitrogens with zero attached hydrogens (tertiary/aromatic N) is 2. The molecule has 124 valence electrons. The van der Waals surface area contributed by atoms with Crippen LogP contribution < -0.4 is 5.32 Å². The number of nitrogens with one attached hydrogen (secondary N) is 1. The third-order valence-corrected chi connectivity index (χ3v) is 4.41. The standard InChI is InChI=1S/C17H15Cl2N3O2/c1-10-2-4-13(8-20-10)21-16(23)7-12-9-24-22-17(12)11-3-5-14(18)15(19)6-11/h2-6,8,12H,7,9H2,1H3,(H,21,23). The lowest BCUT2D eigenvalue weighted by Gasteiger charge is -2.11. The maximum Gasteiger partial charge on any atom is 0.225 e. The minimum atomic E-state index is -0.138. The van der Waals surface area contributed by atoms with Gasteiger partial charge in [-0.05, 0) is 31.2 Å². The topological polar surface area (TPSA) is 63.6 Å². The van der Waals surface area contributed by atoms with Crippen LogP contribution in [0.15, 0.2) is 41.7 Å². The third-order valence-electron chi connectivity index (χ3n) is 3.67. The van der Waals surface area contributed by atoms with Gasteiger partial charge in [-0.15, -0.1) is 0 Å². The summed E-state index contributed by atoms with van der Waals surface area (Å²) in [4.78, 5) is 21.6. The van der Waals surface area contributed by atoms with Crippen molar-refractivity contribution in [2.75, 3.05) is 11.9 Å². The third kappa shape index (κ3) is 3.86. The van der Waals surface area contributed by atoms with Crippen molar-refractivity contribution in [3.05, 3.63) is 57.8 Å². The zero-order chi connectivity index (χ0) is 17.1. The molecule has 0 radical (unpaired) electrons. The van der Waals surface area contributed by atoms with E-state index in [-0.39, 0.29) is 18.2 Å². The van der Waals surface area contributed by atoms with Gasteiger partial charge in [-0.25, -0.2) is 0 Å². The summed E-state index contributed by atoms with van der Waals surface area (Å²) in [5, 5.41) is 7.80. The molecule has 0 aliphatic carbocycles. The van der Waals surface area contributed by atoms with Crippen LogP contribution in [0.2, 0.25) is 10.0 Å². The summed E-state index contributed by atoms with van der Waals surface area (Å²) in [5.74, 6) is -0.260. The van der Waals surface area contributed by atoms with E-state index in [1.807, 2.05) is 25.1 Å². The Balaban J connectivity index is 1.68. The van der Waals surface area contributed by atoms with Crippen LogP contribution in [-0.4, -0.2) is 23.2 Å². The quantitative estimate of drug-likeness (QED) is 0.889. The van der Waals surface area contributed by atoms with Crippen molar-refractivity contribution in [3.63, 3.8) is 0 Å². The van der Waals surface area contributed by atoms with E-state index in [1.165, 1.54) is 0 Å². The molecule has 1 aliphatic rings. The van der Waals surface area contributed by atoms with E-state index in [0.717, 1.165) is 11.3 Å². The molecule has 1 N–H and O–H groups in total. The molecular weight excluding hydrogens is 349 g/mol. The Bertz CT molecular complexity index is 791. The highest BCUT2D eigenvalue weighted by atomic mass is 35.5. The Morgan fingerprint density at radius 2 is 2.12 bits per heavy atom. The first kappa shape index (κ1) is 16.7. The maximum absolute atomic E-state index is 12.3. The predicted octanol–water partition coefficient (Wildman–Crippen LogP) is 4.08. The van der Waals surface area contributed by atoms with Gasteiger partial charge in [0.05, 0.1) is 33.6 Å². The lowest BCUT2D eigenvalue weighted by Crippen LogP contribution is -2.23. The fourth-order valence-corrected chi connectivity index (χ4v) is 2.73. The second-order valence-electron chi connectivity index (χ2n) is 5.54. The van der Waals surface area contributed by atoms with Crippen molar-refractivity contribution in [1.82, 2.24) is 4.98 Å². The maximum atomic E-state index is 12.3. The molecule has 2 heterocycles. The molecule has 0 bridgehead atoms. The van der Waals surface area contributed by atoms with Gasteiger partial charge < -0.3 is 10.2 Å². The molecule has 1 aromatic heterocycles.